The SMILES string of the molecule is CN(C)C1CCC(N)C(C)(C)C1.Cl.Cl. The second-order valence-corrected chi connectivity index (χ2v) is 4.99. The van der Waals surface area contributed by atoms with E-state index in [0.29, 0.717) is 11.5 Å². The lowest BCUT2D eigenvalue weighted by molar-refractivity contribution is 0.111. The Kier molecular flexibility index (Phi) is 7.45. The molecule has 1 fully saturated rings. The van der Waals surface area contributed by atoms with Gasteiger partial charge in [0.05, 0.1) is 0 Å². The maximum Gasteiger partial charge on any atom is 0.00954 e. The van der Waals surface area contributed by atoms with Crippen LogP contribution in [0.1, 0.15) is 33.1 Å². The third-order valence-corrected chi connectivity index (χ3v) is 3.31. The molecule has 0 aromatic heterocycles. The molecule has 0 aliphatic heterocycles. The Morgan fingerprint density at radius 3 is 2.00 bits per heavy atom. The molecule has 1 saturated carbocycles. The van der Waals surface area contributed by atoms with Crippen molar-refractivity contribution in [1.29, 1.82) is 0 Å². The van der Waals surface area contributed by atoms with E-state index in [0.717, 1.165) is 6.04 Å². The third-order valence-electron chi connectivity index (χ3n) is 3.31. The fourth-order valence-electron chi connectivity index (χ4n) is 2.06. The van der Waals surface area contributed by atoms with Gasteiger partial charge in [-0.25, -0.2) is 0 Å². The number of nitrogens with two attached hydrogens (primary N) is 1. The van der Waals surface area contributed by atoms with Crippen LogP contribution in [0.15, 0.2) is 0 Å². The molecular formula is C10H24Cl2N2. The van der Waals surface area contributed by atoms with Gasteiger partial charge in [-0.15, -0.1) is 24.8 Å². The fourth-order valence-corrected chi connectivity index (χ4v) is 2.06. The van der Waals surface area contributed by atoms with E-state index in [9.17, 15) is 0 Å². The van der Waals surface area contributed by atoms with Gasteiger partial charge in [0.1, 0.15) is 0 Å². The lowest BCUT2D eigenvalue weighted by Gasteiger charge is -2.42. The van der Waals surface area contributed by atoms with E-state index < -0.39 is 0 Å². The van der Waals surface area contributed by atoms with E-state index in [2.05, 4.69) is 32.8 Å². The zero-order valence-corrected chi connectivity index (χ0v) is 11.3. The van der Waals surface area contributed by atoms with Crippen molar-refractivity contribution in [2.45, 2.75) is 45.2 Å². The summed E-state index contributed by atoms with van der Waals surface area (Å²) in [5.41, 5.74) is 6.38. The molecule has 4 heteroatoms. The van der Waals surface area contributed by atoms with E-state index in [1.54, 1.807) is 0 Å². The van der Waals surface area contributed by atoms with Gasteiger partial charge in [-0.3, -0.25) is 0 Å². The van der Waals surface area contributed by atoms with E-state index in [4.69, 9.17) is 5.73 Å². The molecule has 0 amide bonds. The van der Waals surface area contributed by atoms with Gasteiger partial charge < -0.3 is 10.6 Å². The molecule has 0 saturated heterocycles. The van der Waals surface area contributed by atoms with Gasteiger partial charge in [-0.2, -0.15) is 0 Å². The first-order valence-corrected chi connectivity index (χ1v) is 4.85. The van der Waals surface area contributed by atoms with E-state index >= 15 is 0 Å². The normalized spacial score (nSPS) is 30.4. The average molecular weight is 243 g/mol. The first kappa shape index (κ1) is 16.9. The van der Waals surface area contributed by atoms with Crippen LogP contribution in [-0.2, 0) is 0 Å². The topological polar surface area (TPSA) is 29.3 Å². The molecule has 2 nitrogen and oxygen atoms in total. The maximum absolute atomic E-state index is 6.06. The molecule has 0 bridgehead atoms. The highest BCUT2D eigenvalue weighted by molar-refractivity contribution is 5.85. The van der Waals surface area contributed by atoms with E-state index in [-0.39, 0.29) is 24.8 Å². The lowest BCUT2D eigenvalue weighted by Crippen LogP contribution is -2.47. The summed E-state index contributed by atoms with van der Waals surface area (Å²) < 4.78 is 0. The van der Waals surface area contributed by atoms with Crippen molar-refractivity contribution in [3.63, 3.8) is 0 Å². The molecule has 0 aromatic rings. The molecule has 88 valence electrons. The first-order valence-electron chi connectivity index (χ1n) is 4.85. The molecule has 2 atom stereocenters. The minimum atomic E-state index is 0. The predicted octanol–water partition coefficient (Wildman–Crippen LogP) is 2.30. The largest absolute Gasteiger partial charge is 0.327 e. The van der Waals surface area contributed by atoms with Crippen molar-refractivity contribution in [3.05, 3.63) is 0 Å². The van der Waals surface area contributed by atoms with Crippen LogP contribution in [0.3, 0.4) is 0 Å². The van der Waals surface area contributed by atoms with Crippen LogP contribution >= 0.6 is 24.8 Å². The second kappa shape index (κ2) is 6.16. The van der Waals surface area contributed by atoms with Crippen LogP contribution in [0.5, 0.6) is 0 Å². The Hall–Kier alpha value is 0.500. The minimum absolute atomic E-state index is 0. The Morgan fingerprint density at radius 1 is 1.14 bits per heavy atom. The van der Waals surface area contributed by atoms with Crippen molar-refractivity contribution in [1.82, 2.24) is 4.90 Å². The molecule has 2 unspecified atom stereocenters. The van der Waals surface area contributed by atoms with Gasteiger partial charge in [-0.05, 0) is 38.8 Å². The highest BCUT2D eigenvalue weighted by atomic mass is 35.5. The van der Waals surface area contributed by atoms with Gasteiger partial charge in [0.15, 0.2) is 0 Å². The van der Waals surface area contributed by atoms with Crippen LogP contribution < -0.4 is 5.73 Å². The summed E-state index contributed by atoms with van der Waals surface area (Å²) >= 11 is 0. The second-order valence-electron chi connectivity index (χ2n) is 4.99. The van der Waals surface area contributed by atoms with Gasteiger partial charge >= 0.3 is 0 Å². The quantitative estimate of drug-likeness (QED) is 0.765. The zero-order chi connectivity index (χ0) is 9.35. The summed E-state index contributed by atoms with van der Waals surface area (Å²) in [4.78, 5) is 2.33. The number of hydrogen-bond donors (Lipinski definition) is 1. The number of nitrogens with zero attached hydrogens (tertiary/aromatic N) is 1. The minimum Gasteiger partial charge on any atom is -0.327 e. The molecule has 1 aliphatic rings. The number of halogens is 2. The molecule has 0 radical (unpaired) electrons. The Morgan fingerprint density at radius 2 is 1.64 bits per heavy atom. The monoisotopic (exact) mass is 242 g/mol. The van der Waals surface area contributed by atoms with Crippen molar-refractivity contribution in [2.24, 2.45) is 11.1 Å². The van der Waals surface area contributed by atoms with Gasteiger partial charge in [0, 0.05) is 12.1 Å². The van der Waals surface area contributed by atoms with Gasteiger partial charge in [0.25, 0.3) is 0 Å². The third kappa shape index (κ3) is 3.93. The zero-order valence-electron chi connectivity index (χ0n) is 9.62. The number of hydrogen-bond acceptors (Lipinski definition) is 2. The van der Waals surface area contributed by atoms with Crippen molar-refractivity contribution < 1.29 is 0 Å². The summed E-state index contributed by atoms with van der Waals surface area (Å²) in [6, 6.07) is 1.13. The van der Waals surface area contributed by atoms with Crippen LogP contribution in [0.4, 0.5) is 0 Å². The highest BCUT2D eigenvalue weighted by Crippen LogP contribution is 2.35. The van der Waals surface area contributed by atoms with Crippen molar-refractivity contribution in [3.8, 4) is 0 Å². The van der Waals surface area contributed by atoms with Gasteiger partial charge in [-0.1, -0.05) is 13.8 Å². The van der Waals surface area contributed by atoms with E-state index in [1.165, 1.54) is 19.3 Å². The molecule has 0 heterocycles. The molecule has 0 spiro atoms. The molecule has 0 aromatic carbocycles. The molecule has 14 heavy (non-hydrogen) atoms. The average Bonchev–Trinajstić information content (AvgIpc) is 1.94. The predicted molar refractivity (Wildman–Crippen MR) is 67.6 cm³/mol. The highest BCUT2D eigenvalue weighted by Gasteiger charge is 2.34. The molecule has 2 N–H and O–H groups in total. The summed E-state index contributed by atoms with van der Waals surface area (Å²) in [6.07, 6.45) is 3.68. The van der Waals surface area contributed by atoms with Crippen molar-refractivity contribution in [2.75, 3.05) is 14.1 Å². The maximum atomic E-state index is 6.06. The standard InChI is InChI=1S/C10H22N2.2ClH/c1-10(2)7-8(12(3)4)5-6-9(10)11;;/h8-9H,5-7,11H2,1-4H3;2*1H. The van der Waals surface area contributed by atoms with Gasteiger partial charge in [0.2, 0.25) is 0 Å². The summed E-state index contributed by atoms with van der Waals surface area (Å²) in [5, 5.41) is 0. The molecular weight excluding hydrogens is 219 g/mol. The Balaban J connectivity index is 0. The summed E-state index contributed by atoms with van der Waals surface area (Å²) in [6.45, 7) is 4.57. The fraction of sp³-hybridized carbons (Fsp3) is 1.00. The van der Waals surface area contributed by atoms with E-state index in [1.807, 2.05) is 0 Å². The van der Waals surface area contributed by atoms with Crippen LogP contribution in [0.2, 0.25) is 0 Å². The smallest absolute Gasteiger partial charge is 0.00954 e. The van der Waals surface area contributed by atoms with Crippen molar-refractivity contribution >= 4 is 24.8 Å². The van der Waals surface area contributed by atoms with Crippen LogP contribution in [0.25, 0.3) is 0 Å². The summed E-state index contributed by atoms with van der Waals surface area (Å²) in [7, 11) is 4.33. The first-order chi connectivity index (χ1) is 5.43. The Bertz CT molecular complexity index is 160. The summed E-state index contributed by atoms with van der Waals surface area (Å²) in [5.74, 6) is 0. The molecule has 1 rings (SSSR count). The Labute approximate surface area is 100 Å². The van der Waals surface area contributed by atoms with Crippen LogP contribution in [-0.4, -0.2) is 31.1 Å². The molecule has 1 aliphatic carbocycles. The number of rotatable bonds is 1. The lowest BCUT2D eigenvalue weighted by atomic mass is 9.71. The van der Waals surface area contributed by atoms with Crippen LogP contribution in [0, 0.1) is 5.41 Å².